The summed E-state index contributed by atoms with van der Waals surface area (Å²) in [5.41, 5.74) is 0.992. The maximum Gasteiger partial charge on any atom is 0.239 e. The van der Waals surface area contributed by atoms with Gasteiger partial charge in [0.2, 0.25) is 5.91 Å². The molecule has 2 aliphatic heterocycles. The fourth-order valence-electron chi connectivity index (χ4n) is 3.62. The Labute approximate surface area is 136 Å². The normalized spacial score (nSPS) is 29.0. The minimum atomic E-state index is -0.806. The Morgan fingerprint density at radius 2 is 2.13 bits per heavy atom. The van der Waals surface area contributed by atoms with Crippen molar-refractivity contribution in [1.29, 1.82) is 0 Å². The number of likely N-dealkylation sites (N-methyl/N-ethyl adjacent to an activating group) is 2. The lowest BCUT2D eigenvalue weighted by atomic mass is 10.1. The molecule has 1 amide bonds. The van der Waals surface area contributed by atoms with Crippen LogP contribution >= 0.6 is 0 Å². The number of carbonyl (C=O) groups is 1. The molecule has 0 N–H and O–H groups in total. The number of rotatable bonds is 5. The zero-order valence-corrected chi connectivity index (χ0v) is 13.7. The standard InChI is InChI=1S/C16H24FN5O/c1-20-4-3-15(16(20)23)21(2)10-14-5-13(17)9-22(14)8-12-6-18-11-19-7-12/h6-7,11,13-15H,3-5,8-10H2,1-2H3/t13-,14-,15-/m0/s1. The minimum Gasteiger partial charge on any atom is -0.344 e. The van der Waals surface area contributed by atoms with Gasteiger partial charge < -0.3 is 4.90 Å². The number of halogens is 1. The van der Waals surface area contributed by atoms with E-state index >= 15 is 0 Å². The molecule has 0 aliphatic carbocycles. The van der Waals surface area contributed by atoms with Crippen LogP contribution in [-0.2, 0) is 11.3 Å². The van der Waals surface area contributed by atoms with E-state index < -0.39 is 6.17 Å². The second-order valence-electron chi connectivity index (χ2n) is 6.67. The van der Waals surface area contributed by atoms with Crippen LogP contribution in [0.25, 0.3) is 0 Å². The Morgan fingerprint density at radius 3 is 2.78 bits per heavy atom. The summed E-state index contributed by atoms with van der Waals surface area (Å²) in [6.45, 7) is 2.60. The number of hydrogen-bond acceptors (Lipinski definition) is 5. The van der Waals surface area contributed by atoms with E-state index in [2.05, 4.69) is 19.8 Å². The Bertz CT molecular complexity index is 543. The number of likely N-dealkylation sites (tertiary alicyclic amines) is 2. The first-order chi connectivity index (χ1) is 11.0. The van der Waals surface area contributed by atoms with Crippen LogP contribution in [-0.4, -0.2) is 82.6 Å². The van der Waals surface area contributed by atoms with E-state index in [4.69, 9.17) is 0 Å². The maximum absolute atomic E-state index is 13.9. The fraction of sp³-hybridized carbons (Fsp3) is 0.688. The van der Waals surface area contributed by atoms with E-state index in [1.807, 2.05) is 14.1 Å². The Morgan fingerprint density at radius 1 is 1.39 bits per heavy atom. The van der Waals surface area contributed by atoms with Crippen LogP contribution in [0.2, 0.25) is 0 Å². The van der Waals surface area contributed by atoms with Crippen molar-refractivity contribution in [3.63, 3.8) is 0 Å². The van der Waals surface area contributed by atoms with Crippen LogP contribution in [0.5, 0.6) is 0 Å². The molecule has 2 fully saturated rings. The maximum atomic E-state index is 13.9. The molecule has 0 radical (unpaired) electrons. The lowest BCUT2D eigenvalue weighted by Crippen LogP contribution is -2.45. The summed E-state index contributed by atoms with van der Waals surface area (Å²) in [5.74, 6) is 0.172. The molecule has 2 saturated heterocycles. The van der Waals surface area contributed by atoms with E-state index in [1.165, 1.54) is 6.33 Å². The van der Waals surface area contributed by atoms with Crippen LogP contribution < -0.4 is 0 Å². The second-order valence-corrected chi connectivity index (χ2v) is 6.67. The van der Waals surface area contributed by atoms with Crippen molar-refractivity contribution in [3.8, 4) is 0 Å². The molecule has 7 heteroatoms. The van der Waals surface area contributed by atoms with Gasteiger partial charge in [-0.3, -0.25) is 14.6 Å². The van der Waals surface area contributed by atoms with Crippen molar-refractivity contribution in [2.24, 2.45) is 0 Å². The molecule has 0 unspecified atom stereocenters. The highest BCUT2D eigenvalue weighted by atomic mass is 19.1. The highest BCUT2D eigenvalue weighted by Crippen LogP contribution is 2.24. The molecular weight excluding hydrogens is 297 g/mol. The number of alkyl halides is 1. The molecule has 1 aromatic heterocycles. The predicted molar refractivity (Wildman–Crippen MR) is 84.4 cm³/mol. The zero-order valence-electron chi connectivity index (χ0n) is 13.7. The summed E-state index contributed by atoms with van der Waals surface area (Å²) in [6.07, 6.45) is 5.61. The predicted octanol–water partition coefficient (Wildman–Crippen LogP) is 0.551. The van der Waals surface area contributed by atoms with E-state index in [1.54, 1.807) is 17.3 Å². The van der Waals surface area contributed by atoms with Crippen molar-refractivity contribution in [1.82, 2.24) is 24.7 Å². The first-order valence-corrected chi connectivity index (χ1v) is 8.12. The molecular formula is C16H24FN5O. The minimum absolute atomic E-state index is 0.0689. The van der Waals surface area contributed by atoms with E-state index in [9.17, 15) is 9.18 Å². The van der Waals surface area contributed by atoms with Crippen molar-refractivity contribution < 1.29 is 9.18 Å². The number of hydrogen-bond donors (Lipinski definition) is 0. The van der Waals surface area contributed by atoms with Crippen molar-refractivity contribution >= 4 is 5.91 Å². The SMILES string of the molecule is CN1CC[C@H](N(C)C[C@@H]2C[C@H](F)CN2Cc2cncnc2)C1=O. The van der Waals surface area contributed by atoms with Gasteiger partial charge in [-0.05, 0) is 19.9 Å². The van der Waals surface area contributed by atoms with Gasteiger partial charge in [-0.1, -0.05) is 0 Å². The fourth-order valence-corrected chi connectivity index (χ4v) is 3.62. The summed E-state index contributed by atoms with van der Waals surface area (Å²) in [7, 11) is 3.81. The molecule has 1 aromatic rings. The third kappa shape index (κ3) is 3.67. The van der Waals surface area contributed by atoms with Crippen LogP contribution in [0.3, 0.4) is 0 Å². The third-order valence-corrected chi connectivity index (χ3v) is 4.91. The largest absolute Gasteiger partial charge is 0.344 e. The van der Waals surface area contributed by atoms with Gasteiger partial charge in [-0.2, -0.15) is 0 Å². The molecule has 6 nitrogen and oxygen atoms in total. The first-order valence-electron chi connectivity index (χ1n) is 8.12. The zero-order chi connectivity index (χ0) is 16.4. The van der Waals surface area contributed by atoms with Crippen LogP contribution in [0.15, 0.2) is 18.7 Å². The lowest BCUT2D eigenvalue weighted by Gasteiger charge is -2.30. The Kier molecular flexibility index (Phi) is 4.87. The highest BCUT2D eigenvalue weighted by Gasteiger charge is 2.37. The van der Waals surface area contributed by atoms with Gasteiger partial charge >= 0.3 is 0 Å². The number of amides is 1. The first kappa shape index (κ1) is 16.3. The molecule has 23 heavy (non-hydrogen) atoms. The summed E-state index contributed by atoms with van der Waals surface area (Å²) in [4.78, 5) is 26.2. The average Bonchev–Trinajstić information content (AvgIpc) is 3.03. The molecule has 3 rings (SSSR count). The molecule has 126 valence electrons. The summed E-state index contributed by atoms with van der Waals surface area (Å²) >= 11 is 0. The molecule has 0 bridgehead atoms. The molecule has 0 spiro atoms. The van der Waals surface area contributed by atoms with Crippen LogP contribution in [0.4, 0.5) is 4.39 Å². The van der Waals surface area contributed by atoms with E-state index in [0.29, 0.717) is 26.1 Å². The van der Waals surface area contributed by atoms with Gasteiger partial charge in [-0.25, -0.2) is 14.4 Å². The van der Waals surface area contributed by atoms with Crippen LogP contribution in [0.1, 0.15) is 18.4 Å². The number of aromatic nitrogens is 2. The molecule has 0 saturated carbocycles. The van der Waals surface area contributed by atoms with Crippen molar-refractivity contribution in [2.75, 3.05) is 33.7 Å². The summed E-state index contributed by atoms with van der Waals surface area (Å²) < 4.78 is 13.9. The van der Waals surface area contributed by atoms with Gasteiger partial charge in [0.25, 0.3) is 0 Å². The molecule has 0 aromatic carbocycles. The Balaban J connectivity index is 1.62. The topological polar surface area (TPSA) is 52.6 Å². The van der Waals surface area contributed by atoms with E-state index in [0.717, 1.165) is 18.5 Å². The van der Waals surface area contributed by atoms with Gasteiger partial charge in [0.05, 0.1) is 6.04 Å². The number of nitrogens with zero attached hydrogens (tertiary/aromatic N) is 5. The summed E-state index contributed by atoms with van der Waals surface area (Å²) in [6, 6.07) is 0.0504. The van der Waals surface area contributed by atoms with Gasteiger partial charge in [0, 0.05) is 57.2 Å². The molecule has 3 heterocycles. The third-order valence-electron chi connectivity index (χ3n) is 4.91. The summed E-state index contributed by atoms with van der Waals surface area (Å²) in [5, 5.41) is 0. The van der Waals surface area contributed by atoms with Crippen LogP contribution in [0, 0.1) is 0 Å². The smallest absolute Gasteiger partial charge is 0.239 e. The highest BCUT2D eigenvalue weighted by molar-refractivity contribution is 5.83. The van der Waals surface area contributed by atoms with Crippen molar-refractivity contribution in [3.05, 3.63) is 24.3 Å². The van der Waals surface area contributed by atoms with Gasteiger partial charge in [-0.15, -0.1) is 0 Å². The second kappa shape index (κ2) is 6.88. The average molecular weight is 321 g/mol. The van der Waals surface area contributed by atoms with Gasteiger partial charge in [0.1, 0.15) is 12.5 Å². The Hall–Kier alpha value is -1.60. The lowest BCUT2D eigenvalue weighted by molar-refractivity contribution is -0.130. The molecule has 2 aliphatic rings. The van der Waals surface area contributed by atoms with Gasteiger partial charge in [0.15, 0.2) is 0 Å². The monoisotopic (exact) mass is 321 g/mol. The molecule has 3 atom stereocenters. The quantitative estimate of drug-likeness (QED) is 0.793. The number of carbonyl (C=O) groups excluding carboxylic acids is 1. The van der Waals surface area contributed by atoms with Crippen molar-refractivity contribution in [2.45, 2.75) is 37.6 Å². The van der Waals surface area contributed by atoms with E-state index in [-0.39, 0.29) is 18.0 Å².